The maximum atomic E-state index is 10.9. The van der Waals surface area contributed by atoms with Crippen LogP contribution in [0.5, 0.6) is 0 Å². The van der Waals surface area contributed by atoms with E-state index in [9.17, 15) is 4.79 Å². The molecule has 0 aromatic heterocycles. The molecule has 1 fully saturated rings. The lowest BCUT2D eigenvalue weighted by molar-refractivity contribution is 0.0697. The number of benzene rings is 1. The monoisotopic (exact) mass is 284 g/mol. The van der Waals surface area contributed by atoms with E-state index in [1.807, 2.05) is 13.0 Å². The zero-order valence-electron chi connectivity index (χ0n) is 11.4. The van der Waals surface area contributed by atoms with Gasteiger partial charge in [-0.25, -0.2) is 4.79 Å². The third kappa shape index (κ3) is 3.85. The lowest BCUT2D eigenvalue weighted by atomic mass is 10.1. The predicted octanol–water partition coefficient (Wildman–Crippen LogP) is 2.26. The first-order valence-electron chi connectivity index (χ1n) is 6.35. The first kappa shape index (κ1) is 15.8. The van der Waals surface area contributed by atoms with E-state index in [0.29, 0.717) is 5.56 Å². The van der Waals surface area contributed by atoms with Gasteiger partial charge in [-0.2, -0.15) is 0 Å². The minimum atomic E-state index is -0.861. The molecule has 1 N–H and O–H groups in total. The summed E-state index contributed by atoms with van der Waals surface area (Å²) in [5.74, 6) is -0.861. The van der Waals surface area contributed by atoms with Crippen LogP contribution in [-0.4, -0.2) is 49.2 Å². The number of aromatic carboxylic acids is 1. The molecule has 1 aliphatic heterocycles. The van der Waals surface area contributed by atoms with Crippen molar-refractivity contribution in [1.82, 2.24) is 4.90 Å². The lowest BCUT2D eigenvalue weighted by Gasteiger charge is -2.24. The SMILES string of the molecule is Cc1cc(C(=O)O)ccc1N1CCCN(C)CC1.Cl. The van der Waals surface area contributed by atoms with Crippen molar-refractivity contribution in [3.8, 4) is 0 Å². The van der Waals surface area contributed by atoms with Gasteiger partial charge in [0.05, 0.1) is 5.56 Å². The standard InChI is InChI=1S/C14H20N2O2.ClH/c1-11-10-12(14(17)18)4-5-13(11)16-7-3-6-15(2)8-9-16;/h4-5,10H,3,6-9H2,1-2H3,(H,17,18);1H. The number of hydrogen-bond donors (Lipinski definition) is 1. The molecular formula is C14H21ClN2O2. The summed E-state index contributed by atoms with van der Waals surface area (Å²) in [5.41, 5.74) is 2.57. The number of anilines is 1. The molecule has 0 unspecified atom stereocenters. The largest absolute Gasteiger partial charge is 0.478 e. The highest BCUT2D eigenvalue weighted by molar-refractivity contribution is 5.88. The normalized spacial score (nSPS) is 16.6. The molecule has 1 aromatic rings. The zero-order chi connectivity index (χ0) is 13.1. The summed E-state index contributed by atoms with van der Waals surface area (Å²) >= 11 is 0. The fourth-order valence-corrected chi connectivity index (χ4v) is 2.43. The summed E-state index contributed by atoms with van der Waals surface area (Å²) in [6, 6.07) is 5.38. The molecule has 0 spiro atoms. The zero-order valence-corrected chi connectivity index (χ0v) is 12.2. The van der Waals surface area contributed by atoms with E-state index in [1.165, 1.54) is 0 Å². The minimum Gasteiger partial charge on any atom is -0.478 e. The Balaban J connectivity index is 0.00000180. The van der Waals surface area contributed by atoms with E-state index < -0.39 is 5.97 Å². The van der Waals surface area contributed by atoms with Gasteiger partial charge in [0.1, 0.15) is 0 Å². The van der Waals surface area contributed by atoms with Gasteiger partial charge in [0.2, 0.25) is 0 Å². The Bertz CT molecular complexity index is 451. The van der Waals surface area contributed by atoms with Crippen molar-refractivity contribution < 1.29 is 9.90 Å². The van der Waals surface area contributed by atoms with E-state index in [4.69, 9.17) is 5.11 Å². The van der Waals surface area contributed by atoms with E-state index in [2.05, 4.69) is 16.8 Å². The minimum absolute atomic E-state index is 0. The second kappa shape index (κ2) is 6.78. The second-order valence-corrected chi connectivity index (χ2v) is 4.95. The van der Waals surface area contributed by atoms with Gasteiger partial charge in [-0.3, -0.25) is 0 Å². The van der Waals surface area contributed by atoms with Gasteiger partial charge >= 0.3 is 5.97 Å². The van der Waals surface area contributed by atoms with Gasteiger partial charge in [-0.05, 0) is 50.7 Å². The smallest absolute Gasteiger partial charge is 0.335 e. The number of hydrogen-bond acceptors (Lipinski definition) is 3. The number of nitrogens with zero attached hydrogens (tertiary/aromatic N) is 2. The maximum Gasteiger partial charge on any atom is 0.335 e. The van der Waals surface area contributed by atoms with Crippen molar-refractivity contribution in [1.29, 1.82) is 0 Å². The third-order valence-corrected chi connectivity index (χ3v) is 3.50. The van der Waals surface area contributed by atoms with Gasteiger partial charge in [-0.1, -0.05) is 0 Å². The molecule has 4 nitrogen and oxygen atoms in total. The summed E-state index contributed by atoms with van der Waals surface area (Å²) in [6.07, 6.45) is 1.15. The van der Waals surface area contributed by atoms with Crippen molar-refractivity contribution in [2.75, 3.05) is 38.1 Å². The van der Waals surface area contributed by atoms with Gasteiger partial charge in [0, 0.05) is 25.3 Å². The van der Waals surface area contributed by atoms with Crippen LogP contribution in [0.25, 0.3) is 0 Å². The molecule has 106 valence electrons. The molecule has 5 heteroatoms. The highest BCUT2D eigenvalue weighted by atomic mass is 35.5. The molecule has 0 radical (unpaired) electrons. The van der Waals surface area contributed by atoms with E-state index >= 15 is 0 Å². The summed E-state index contributed by atoms with van der Waals surface area (Å²) in [5, 5.41) is 8.97. The summed E-state index contributed by atoms with van der Waals surface area (Å²) < 4.78 is 0. The molecule has 1 aliphatic rings. The number of halogens is 1. The van der Waals surface area contributed by atoms with Crippen LogP contribution in [-0.2, 0) is 0 Å². The van der Waals surface area contributed by atoms with E-state index in [0.717, 1.165) is 43.9 Å². The van der Waals surface area contributed by atoms with E-state index in [1.54, 1.807) is 12.1 Å². The number of likely N-dealkylation sites (N-methyl/N-ethyl adjacent to an activating group) is 1. The van der Waals surface area contributed by atoms with Gasteiger partial charge in [0.15, 0.2) is 0 Å². The predicted molar refractivity (Wildman–Crippen MR) is 79.7 cm³/mol. The van der Waals surface area contributed by atoms with Crippen LogP contribution in [0, 0.1) is 6.92 Å². The number of carbonyl (C=O) groups is 1. The Morgan fingerprint density at radius 2 is 1.95 bits per heavy atom. The van der Waals surface area contributed by atoms with Crippen LogP contribution < -0.4 is 4.90 Å². The van der Waals surface area contributed by atoms with Crippen molar-refractivity contribution in [3.63, 3.8) is 0 Å². The number of carboxylic acid groups (broad SMARTS) is 1. The molecule has 0 bridgehead atoms. The fraction of sp³-hybridized carbons (Fsp3) is 0.500. The van der Waals surface area contributed by atoms with Crippen molar-refractivity contribution >= 4 is 24.1 Å². The molecule has 1 aromatic carbocycles. The molecule has 1 saturated heterocycles. The van der Waals surface area contributed by atoms with Crippen LogP contribution in [0.4, 0.5) is 5.69 Å². The third-order valence-electron chi connectivity index (χ3n) is 3.50. The van der Waals surface area contributed by atoms with Crippen LogP contribution in [0.3, 0.4) is 0 Å². The molecular weight excluding hydrogens is 264 g/mol. The molecule has 0 amide bonds. The fourth-order valence-electron chi connectivity index (χ4n) is 2.43. The number of carboxylic acids is 1. The Kier molecular flexibility index (Phi) is 5.63. The van der Waals surface area contributed by atoms with Crippen molar-refractivity contribution in [2.45, 2.75) is 13.3 Å². The molecule has 2 rings (SSSR count). The Morgan fingerprint density at radius 1 is 1.21 bits per heavy atom. The topological polar surface area (TPSA) is 43.8 Å². The molecule has 19 heavy (non-hydrogen) atoms. The first-order valence-corrected chi connectivity index (χ1v) is 6.35. The van der Waals surface area contributed by atoms with Crippen LogP contribution in [0.1, 0.15) is 22.3 Å². The molecule has 0 saturated carbocycles. The summed E-state index contributed by atoms with van der Waals surface area (Å²) in [6.45, 7) is 6.21. The van der Waals surface area contributed by atoms with Crippen LogP contribution in [0.15, 0.2) is 18.2 Å². The number of aryl methyl sites for hydroxylation is 1. The quantitative estimate of drug-likeness (QED) is 0.905. The molecule has 0 atom stereocenters. The lowest BCUT2D eigenvalue weighted by Crippen LogP contribution is -2.29. The maximum absolute atomic E-state index is 10.9. The van der Waals surface area contributed by atoms with Gasteiger partial charge in [0.25, 0.3) is 0 Å². The second-order valence-electron chi connectivity index (χ2n) is 4.95. The Labute approximate surface area is 120 Å². The van der Waals surface area contributed by atoms with E-state index in [-0.39, 0.29) is 12.4 Å². The van der Waals surface area contributed by atoms with Crippen LogP contribution in [0.2, 0.25) is 0 Å². The Morgan fingerprint density at radius 3 is 2.58 bits per heavy atom. The van der Waals surface area contributed by atoms with Gasteiger partial charge in [-0.15, -0.1) is 12.4 Å². The number of rotatable bonds is 2. The summed E-state index contributed by atoms with van der Waals surface area (Å²) in [4.78, 5) is 15.6. The highest BCUT2D eigenvalue weighted by Gasteiger charge is 2.15. The first-order chi connectivity index (χ1) is 8.58. The molecule has 0 aliphatic carbocycles. The van der Waals surface area contributed by atoms with Crippen molar-refractivity contribution in [2.24, 2.45) is 0 Å². The summed E-state index contributed by atoms with van der Waals surface area (Å²) in [7, 11) is 2.14. The average molecular weight is 285 g/mol. The average Bonchev–Trinajstić information content (AvgIpc) is 2.54. The van der Waals surface area contributed by atoms with Crippen LogP contribution >= 0.6 is 12.4 Å². The Hall–Kier alpha value is -1.26. The van der Waals surface area contributed by atoms with Gasteiger partial charge < -0.3 is 14.9 Å². The highest BCUT2D eigenvalue weighted by Crippen LogP contribution is 2.22. The van der Waals surface area contributed by atoms with Crippen molar-refractivity contribution in [3.05, 3.63) is 29.3 Å². The molecule has 1 heterocycles.